The van der Waals surface area contributed by atoms with Gasteiger partial charge in [0.15, 0.2) is 23.3 Å². The summed E-state index contributed by atoms with van der Waals surface area (Å²) in [5.74, 6) is -10.2. The van der Waals surface area contributed by atoms with Crippen molar-refractivity contribution in [1.82, 2.24) is 0 Å². The van der Waals surface area contributed by atoms with Crippen LogP contribution in [0.4, 0.5) is 17.6 Å². The molecule has 0 saturated carbocycles. The quantitative estimate of drug-likeness (QED) is 0.374. The number of hydrogen-bond acceptors (Lipinski definition) is 2. The maximum atomic E-state index is 13.4. The normalized spacial score (nSPS) is 10.4. The summed E-state index contributed by atoms with van der Waals surface area (Å²) in [6.45, 7) is 0. The van der Waals surface area contributed by atoms with Gasteiger partial charge in [0.1, 0.15) is 5.56 Å². The summed E-state index contributed by atoms with van der Waals surface area (Å²) >= 11 is 0. The molecule has 0 N–H and O–H groups in total. The molecule has 0 spiro atoms. The summed E-state index contributed by atoms with van der Waals surface area (Å²) in [6, 6.07) is 6.87. The van der Waals surface area contributed by atoms with Crippen molar-refractivity contribution in [3.05, 3.63) is 70.8 Å². The third-order valence-corrected chi connectivity index (χ3v) is 2.58. The molecular formula is C14H6F4O2. The van der Waals surface area contributed by atoms with Gasteiger partial charge < -0.3 is 0 Å². The molecule has 2 aromatic rings. The Morgan fingerprint density at radius 1 is 0.750 bits per heavy atom. The van der Waals surface area contributed by atoms with Crippen LogP contribution in [-0.4, -0.2) is 11.6 Å². The molecule has 0 atom stereocenters. The predicted molar refractivity (Wildman–Crippen MR) is 61.4 cm³/mol. The number of hydrogen-bond donors (Lipinski definition) is 0. The van der Waals surface area contributed by atoms with Gasteiger partial charge in [-0.3, -0.25) is 9.59 Å². The monoisotopic (exact) mass is 282 g/mol. The highest BCUT2D eigenvalue weighted by atomic mass is 19.2. The van der Waals surface area contributed by atoms with Crippen molar-refractivity contribution in [3.8, 4) is 0 Å². The van der Waals surface area contributed by atoms with E-state index >= 15 is 0 Å². The van der Waals surface area contributed by atoms with Crippen LogP contribution in [0.2, 0.25) is 0 Å². The second-order valence-electron chi connectivity index (χ2n) is 3.87. The number of ketones is 2. The maximum absolute atomic E-state index is 13.4. The van der Waals surface area contributed by atoms with Crippen LogP contribution in [0.25, 0.3) is 0 Å². The topological polar surface area (TPSA) is 34.1 Å². The smallest absolute Gasteiger partial charge is 0.239 e. The Balaban J connectivity index is 2.53. The summed E-state index contributed by atoms with van der Waals surface area (Å²) in [7, 11) is 0. The lowest BCUT2D eigenvalue weighted by Crippen LogP contribution is -2.19. The first-order valence-electron chi connectivity index (χ1n) is 5.40. The minimum Gasteiger partial charge on any atom is -0.285 e. The highest BCUT2D eigenvalue weighted by Crippen LogP contribution is 2.21. The number of carbonyl (C=O) groups excluding carboxylic acids is 2. The van der Waals surface area contributed by atoms with Crippen LogP contribution >= 0.6 is 0 Å². The van der Waals surface area contributed by atoms with Crippen LogP contribution < -0.4 is 0 Å². The van der Waals surface area contributed by atoms with Crippen molar-refractivity contribution in [3.63, 3.8) is 0 Å². The molecule has 0 heterocycles. The van der Waals surface area contributed by atoms with Crippen LogP contribution in [0.3, 0.4) is 0 Å². The molecule has 0 aliphatic rings. The molecule has 0 saturated heterocycles. The largest absolute Gasteiger partial charge is 0.285 e. The van der Waals surface area contributed by atoms with E-state index in [1.807, 2.05) is 0 Å². The van der Waals surface area contributed by atoms with Gasteiger partial charge in [-0.25, -0.2) is 17.6 Å². The first-order valence-corrected chi connectivity index (χ1v) is 5.40. The van der Waals surface area contributed by atoms with Crippen molar-refractivity contribution in [2.24, 2.45) is 0 Å². The van der Waals surface area contributed by atoms with Gasteiger partial charge in [-0.1, -0.05) is 30.3 Å². The standard InChI is InChI=1S/C14H6F4O2/c15-8-6-9(16)12(18)10(11(8)17)14(20)13(19)7-4-2-1-3-5-7/h1-6H. The molecular weight excluding hydrogens is 276 g/mol. The van der Waals surface area contributed by atoms with E-state index < -0.39 is 40.4 Å². The van der Waals surface area contributed by atoms with Crippen molar-refractivity contribution in [2.45, 2.75) is 0 Å². The Hall–Kier alpha value is -2.50. The molecule has 2 rings (SSSR count). The fraction of sp³-hybridized carbons (Fsp3) is 0. The first-order chi connectivity index (χ1) is 9.43. The van der Waals surface area contributed by atoms with Crippen LogP contribution in [0, 0.1) is 23.3 Å². The summed E-state index contributed by atoms with van der Waals surface area (Å²) in [5, 5.41) is 0. The van der Waals surface area contributed by atoms with E-state index in [0.717, 1.165) is 0 Å². The minimum absolute atomic E-state index is 0.0333. The molecule has 0 fully saturated rings. The molecule has 0 aliphatic heterocycles. The molecule has 0 amide bonds. The fourth-order valence-electron chi connectivity index (χ4n) is 1.61. The zero-order valence-corrected chi connectivity index (χ0v) is 9.79. The summed E-state index contributed by atoms with van der Waals surface area (Å²) in [4.78, 5) is 23.5. The van der Waals surface area contributed by atoms with Crippen molar-refractivity contribution in [1.29, 1.82) is 0 Å². The zero-order chi connectivity index (χ0) is 14.9. The summed E-state index contributed by atoms with van der Waals surface area (Å²) in [6.07, 6.45) is 0. The molecule has 0 bridgehead atoms. The van der Waals surface area contributed by atoms with E-state index in [1.54, 1.807) is 6.07 Å². The molecule has 0 radical (unpaired) electrons. The van der Waals surface area contributed by atoms with E-state index in [9.17, 15) is 27.2 Å². The Kier molecular flexibility index (Phi) is 3.65. The van der Waals surface area contributed by atoms with Gasteiger partial charge >= 0.3 is 0 Å². The average molecular weight is 282 g/mol. The zero-order valence-electron chi connectivity index (χ0n) is 9.79. The van der Waals surface area contributed by atoms with Crippen molar-refractivity contribution >= 4 is 11.6 Å². The SMILES string of the molecule is O=C(C(=O)c1c(F)c(F)cc(F)c1F)c1ccccc1. The minimum atomic E-state index is -1.89. The lowest BCUT2D eigenvalue weighted by atomic mass is 10.0. The van der Waals surface area contributed by atoms with E-state index in [0.29, 0.717) is 0 Å². The lowest BCUT2D eigenvalue weighted by molar-refractivity contribution is 0.0810. The molecule has 20 heavy (non-hydrogen) atoms. The number of rotatable bonds is 3. The summed E-state index contributed by atoms with van der Waals surface area (Å²) < 4.78 is 52.8. The molecule has 6 heteroatoms. The number of benzene rings is 2. The maximum Gasteiger partial charge on any atom is 0.239 e. The third-order valence-electron chi connectivity index (χ3n) is 2.58. The van der Waals surface area contributed by atoms with Crippen molar-refractivity contribution < 1.29 is 27.2 Å². The number of carbonyl (C=O) groups is 2. The van der Waals surface area contributed by atoms with Crippen LogP contribution in [0.15, 0.2) is 36.4 Å². The highest BCUT2D eigenvalue weighted by Gasteiger charge is 2.29. The third kappa shape index (κ3) is 2.32. The van der Waals surface area contributed by atoms with Gasteiger partial charge in [0.05, 0.1) is 0 Å². The van der Waals surface area contributed by atoms with E-state index in [1.165, 1.54) is 24.3 Å². The molecule has 2 nitrogen and oxygen atoms in total. The second-order valence-corrected chi connectivity index (χ2v) is 3.87. The molecule has 2 aromatic carbocycles. The van der Waals surface area contributed by atoms with Crippen LogP contribution in [0.1, 0.15) is 20.7 Å². The van der Waals surface area contributed by atoms with E-state index in [-0.39, 0.29) is 11.6 Å². The van der Waals surface area contributed by atoms with Crippen LogP contribution in [0.5, 0.6) is 0 Å². The van der Waals surface area contributed by atoms with Gasteiger partial charge in [-0.15, -0.1) is 0 Å². The van der Waals surface area contributed by atoms with Crippen LogP contribution in [-0.2, 0) is 0 Å². The van der Waals surface area contributed by atoms with Crippen molar-refractivity contribution in [2.75, 3.05) is 0 Å². The Morgan fingerprint density at radius 2 is 1.25 bits per heavy atom. The molecule has 0 unspecified atom stereocenters. The van der Waals surface area contributed by atoms with E-state index in [2.05, 4.69) is 0 Å². The van der Waals surface area contributed by atoms with Gasteiger partial charge in [0, 0.05) is 11.6 Å². The molecule has 0 aliphatic carbocycles. The first kappa shape index (κ1) is 13.9. The van der Waals surface area contributed by atoms with Gasteiger partial charge in [0.25, 0.3) is 0 Å². The lowest BCUT2D eigenvalue weighted by Gasteiger charge is -2.05. The van der Waals surface area contributed by atoms with Gasteiger partial charge in [-0.05, 0) is 0 Å². The summed E-state index contributed by atoms with van der Waals surface area (Å²) in [5.41, 5.74) is -1.67. The predicted octanol–water partition coefficient (Wildman–Crippen LogP) is 3.31. The Morgan fingerprint density at radius 3 is 1.75 bits per heavy atom. The average Bonchev–Trinajstić information content (AvgIpc) is 2.45. The second kappa shape index (κ2) is 5.24. The highest BCUT2D eigenvalue weighted by molar-refractivity contribution is 6.49. The van der Waals surface area contributed by atoms with E-state index in [4.69, 9.17) is 0 Å². The number of halogens is 4. The Labute approximate surface area is 110 Å². The fourth-order valence-corrected chi connectivity index (χ4v) is 1.61. The number of Topliss-reactive ketones (excluding diaryl/α,β-unsaturated/α-hetero) is 2. The molecule has 0 aromatic heterocycles. The van der Waals surface area contributed by atoms with Gasteiger partial charge in [-0.2, -0.15) is 0 Å². The molecule has 102 valence electrons. The van der Waals surface area contributed by atoms with Gasteiger partial charge in [0.2, 0.25) is 11.6 Å². The Bertz CT molecular complexity index is 670.